The number of nitrogens with zero attached hydrogens (tertiary/aromatic N) is 2. The molecule has 0 radical (unpaired) electrons. The van der Waals surface area contributed by atoms with Crippen LogP contribution in [0.5, 0.6) is 5.75 Å². The maximum Gasteiger partial charge on any atom is 0.220 e. The molecule has 1 aromatic carbocycles. The summed E-state index contributed by atoms with van der Waals surface area (Å²) in [7, 11) is 3.51. The molecule has 26 heavy (non-hydrogen) atoms. The number of hydrogen-bond acceptors (Lipinski definition) is 3. The summed E-state index contributed by atoms with van der Waals surface area (Å²) in [6.07, 6.45) is 2.67. The maximum absolute atomic E-state index is 11.5. The minimum Gasteiger partial charge on any atom is -0.491 e. The van der Waals surface area contributed by atoms with Crippen LogP contribution < -0.4 is 15.4 Å². The third-order valence-electron chi connectivity index (χ3n) is 4.92. The molecular weight excluding hydrogens is 328 g/mol. The molecule has 1 aromatic rings. The van der Waals surface area contributed by atoms with Crippen LogP contribution in [-0.4, -0.2) is 57.1 Å². The minimum atomic E-state index is 0.134. The van der Waals surface area contributed by atoms with E-state index < -0.39 is 0 Å². The second kappa shape index (κ2) is 10.0. The Morgan fingerprint density at radius 2 is 1.92 bits per heavy atom. The molecule has 1 aliphatic heterocycles. The van der Waals surface area contributed by atoms with Crippen LogP contribution in [0.4, 0.5) is 0 Å². The number of aryl methyl sites for hydroxylation is 2. The third-order valence-corrected chi connectivity index (χ3v) is 4.92. The van der Waals surface area contributed by atoms with Gasteiger partial charge in [0.1, 0.15) is 12.4 Å². The second-order valence-electron chi connectivity index (χ2n) is 6.85. The molecule has 1 fully saturated rings. The summed E-state index contributed by atoms with van der Waals surface area (Å²) < 4.78 is 5.94. The van der Waals surface area contributed by atoms with Gasteiger partial charge in [0.05, 0.1) is 6.54 Å². The number of carbonyl (C=O) groups is 1. The molecule has 1 aliphatic rings. The first-order chi connectivity index (χ1) is 12.5. The molecule has 0 bridgehead atoms. The van der Waals surface area contributed by atoms with Crippen molar-refractivity contribution in [2.75, 3.05) is 40.3 Å². The maximum atomic E-state index is 11.5. The average Bonchev–Trinajstić information content (AvgIpc) is 2.64. The van der Waals surface area contributed by atoms with Crippen molar-refractivity contribution < 1.29 is 9.53 Å². The van der Waals surface area contributed by atoms with Crippen molar-refractivity contribution in [3.05, 3.63) is 29.3 Å². The third kappa shape index (κ3) is 5.64. The van der Waals surface area contributed by atoms with Crippen molar-refractivity contribution in [3.63, 3.8) is 0 Å². The van der Waals surface area contributed by atoms with Crippen molar-refractivity contribution in [1.82, 2.24) is 15.5 Å². The van der Waals surface area contributed by atoms with E-state index >= 15 is 0 Å². The molecule has 1 amide bonds. The molecule has 0 atom stereocenters. The molecule has 1 heterocycles. The van der Waals surface area contributed by atoms with Crippen LogP contribution in [0.25, 0.3) is 0 Å². The molecule has 0 aliphatic carbocycles. The fourth-order valence-electron chi connectivity index (χ4n) is 3.39. The lowest BCUT2D eigenvalue weighted by Gasteiger charge is -2.34. The van der Waals surface area contributed by atoms with Gasteiger partial charge in [0.25, 0.3) is 0 Å². The van der Waals surface area contributed by atoms with Crippen molar-refractivity contribution in [3.8, 4) is 5.75 Å². The van der Waals surface area contributed by atoms with Crippen LogP contribution in [0.3, 0.4) is 0 Å². The monoisotopic (exact) mass is 360 g/mol. The lowest BCUT2D eigenvalue weighted by molar-refractivity contribution is -0.121. The highest BCUT2D eigenvalue weighted by Gasteiger charge is 2.22. The van der Waals surface area contributed by atoms with Crippen LogP contribution in [0.2, 0.25) is 0 Å². The summed E-state index contributed by atoms with van der Waals surface area (Å²) >= 11 is 0. The molecular formula is C20H32N4O2. The van der Waals surface area contributed by atoms with Gasteiger partial charge in [-0.25, -0.2) is 0 Å². The number of aliphatic imine (C=N–C) groups is 1. The number of rotatable bonds is 6. The normalized spacial score (nSPS) is 15.7. The Bertz CT molecular complexity index is 602. The fourth-order valence-corrected chi connectivity index (χ4v) is 3.39. The van der Waals surface area contributed by atoms with Crippen LogP contribution in [-0.2, 0) is 4.79 Å². The Balaban J connectivity index is 1.74. The Labute approximate surface area is 157 Å². The van der Waals surface area contributed by atoms with Crippen LogP contribution >= 0.6 is 0 Å². The fraction of sp³-hybridized carbons (Fsp3) is 0.600. The van der Waals surface area contributed by atoms with Gasteiger partial charge < -0.3 is 20.3 Å². The summed E-state index contributed by atoms with van der Waals surface area (Å²) in [6, 6.07) is 6.18. The number of amides is 1. The number of para-hydroxylation sites is 1. The Hall–Kier alpha value is -2.24. The summed E-state index contributed by atoms with van der Waals surface area (Å²) in [5, 5.41) is 6.10. The van der Waals surface area contributed by atoms with E-state index in [1.54, 1.807) is 7.05 Å². The summed E-state index contributed by atoms with van der Waals surface area (Å²) in [4.78, 5) is 18.2. The van der Waals surface area contributed by atoms with Crippen molar-refractivity contribution in [1.29, 1.82) is 0 Å². The van der Waals surface area contributed by atoms with E-state index in [9.17, 15) is 4.79 Å². The van der Waals surface area contributed by atoms with E-state index in [1.165, 1.54) is 0 Å². The second-order valence-corrected chi connectivity index (χ2v) is 6.85. The van der Waals surface area contributed by atoms with E-state index in [-0.39, 0.29) is 5.91 Å². The van der Waals surface area contributed by atoms with Gasteiger partial charge in [-0.3, -0.25) is 9.79 Å². The number of piperidine rings is 1. The number of carbonyl (C=O) groups excluding carboxylic acids is 1. The Morgan fingerprint density at radius 1 is 1.27 bits per heavy atom. The highest BCUT2D eigenvalue weighted by atomic mass is 16.5. The highest BCUT2D eigenvalue weighted by Crippen LogP contribution is 2.22. The van der Waals surface area contributed by atoms with Crippen molar-refractivity contribution in [2.24, 2.45) is 10.9 Å². The SMILES string of the molecule is CN=C(NCCOc1c(C)cccc1C)N1CCC(CC(=O)NC)CC1. The Morgan fingerprint density at radius 3 is 2.50 bits per heavy atom. The van der Waals surface area contributed by atoms with Crippen LogP contribution in [0.1, 0.15) is 30.4 Å². The van der Waals surface area contributed by atoms with E-state index in [0.29, 0.717) is 25.5 Å². The number of hydrogen-bond donors (Lipinski definition) is 2. The molecule has 0 saturated carbocycles. The molecule has 2 rings (SSSR count). The van der Waals surface area contributed by atoms with Gasteiger partial charge in [0, 0.05) is 33.6 Å². The van der Waals surface area contributed by atoms with Gasteiger partial charge >= 0.3 is 0 Å². The largest absolute Gasteiger partial charge is 0.491 e. The predicted molar refractivity (Wildman–Crippen MR) is 106 cm³/mol. The first-order valence-corrected chi connectivity index (χ1v) is 9.40. The quantitative estimate of drug-likeness (QED) is 0.463. The molecule has 6 heteroatoms. The zero-order valence-corrected chi connectivity index (χ0v) is 16.5. The summed E-state index contributed by atoms with van der Waals surface area (Å²) in [5.41, 5.74) is 2.32. The molecule has 0 spiro atoms. The van der Waals surface area contributed by atoms with E-state index in [4.69, 9.17) is 4.74 Å². The Kier molecular flexibility index (Phi) is 7.75. The standard InChI is InChI=1S/C20H32N4O2/c1-15-6-5-7-16(2)19(15)26-13-10-23-20(22-4)24-11-8-17(9-12-24)14-18(25)21-3/h5-7,17H,8-14H2,1-4H3,(H,21,25)(H,22,23). The van der Waals surface area contributed by atoms with Gasteiger partial charge in [-0.1, -0.05) is 18.2 Å². The van der Waals surface area contributed by atoms with Gasteiger partial charge in [-0.15, -0.1) is 0 Å². The molecule has 0 aromatic heterocycles. The van der Waals surface area contributed by atoms with E-state index in [2.05, 4.69) is 46.5 Å². The zero-order valence-electron chi connectivity index (χ0n) is 16.5. The molecule has 6 nitrogen and oxygen atoms in total. The highest BCUT2D eigenvalue weighted by molar-refractivity contribution is 5.80. The number of guanidine groups is 1. The van der Waals surface area contributed by atoms with Gasteiger partial charge in [-0.2, -0.15) is 0 Å². The number of nitrogens with one attached hydrogen (secondary N) is 2. The van der Waals surface area contributed by atoms with Crippen molar-refractivity contribution >= 4 is 11.9 Å². The van der Waals surface area contributed by atoms with E-state index in [0.717, 1.165) is 48.8 Å². The van der Waals surface area contributed by atoms with E-state index in [1.807, 2.05) is 13.1 Å². The lowest BCUT2D eigenvalue weighted by atomic mass is 9.93. The first-order valence-electron chi connectivity index (χ1n) is 9.40. The van der Waals surface area contributed by atoms with Crippen LogP contribution in [0.15, 0.2) is 23.2 Å². The molecule has 0 unspecified atom stereocenters. The zero-order chi connectivity index (χ0) is 18.9. The smallest absolute Gasteiger partial charge is 0.220 e. The molecule has 144 valence electrons. The topological polar surface area (TPSA) is 66.0 Å². The molecule has 2 N–H and O–H groups in total. The minimum absolute atomic E-state index is 0.134. The number of ether oxygens (including phenoxy) is 1. The molecule has 1 saturated heterocycles. The first kappa shape index (κ1) is 20.1. The summed E-state index contributed by atoms with van der Waals surface area (Å²) in [6.45, 7) is 7.30. The number of benzene rings is 1. The number of likely N-dealkylation sites (tertiary alicyclic amines) is 1. The van der Waals surface area contributed by atoms with Crippen LogP contribution in [0, 0.1) is 19.8 Å². The lowest BCUT2D eigenvalue weighted by Crippen LogP contribution is -2.46. The average molecular weight is 361 g/mol. The summed E-state index contributed by atoms with van der Waals surface area (Å²) in [5.74, 6) is 2.49. The van der Waals surface area contributed by atoms with Gasteiger partial charge in [0.2, 0.25) is 5.91 Å². The van der Waals surface area contributed by atoms with Gasteiger partial charge in [-0.05, 0) is 43.7 Å². The van der Waals surface area contributed by atoms with Gasteiger partial charge in [0.15, 0.2) is 5.96 Å². The van der Waals surface area contributed by atoms with Crippen molar-refractivity contribution in [2.45, 2.75) is 33.1 Å². The predicted octanol–water partition coefficient (Wildman–Crippen LogP) is 2.11.